The number of amides is 1. The summed E-state index contributed by atoms with van der Waals surface area (Å²) in [5, 5.41) is 3.50. The SMILES string of the molecule is Cc1ccc(Cl)cc1C(=O)NCCCC(C)Br. The number of alkyl halides is 1. The minimum absolute atomic E-state index is 0.0489. The summed E-state index contributed by atoms with van der Waals surface area (Å²) in [6.45, 7) is 4.70. The fourth-order valence-corrected chi connectivity index (χ4v) is 2.02. The van der Waals surface area contributed by atoms with E-state index in [1.807, 2.05) is 13.0 Å². The van der Waals surface area contributed by atoms with Gasteiger partial charge in [0.25, 0.3) is 5.91 Å². The highest BCUT2D eigenvalue weighted by molar-refractivity contribution is 9.09. The predicted molar refractivity (Wildman–Crippen MR) is 76.1 cm³/mol. The van der Waals surface area contributed by atoms with Gasteiger partial charge in [-0.2, -0.15) is 0 Å². The fraction of sp³-hybridized carbons (Fsp3) is 0.462. The highest BCUT2D eigenvalue weighted by atomic mass is 79.9. The van der Waals surface area contributed by atoms with Crippen molar-refractivity contribution in [3.8, 4) is 0 Å². The molecule has 0 aliphatic rings. The van der Waals surface area contributed by atoms with Crippen molar-refractivity contribution in [2.45, 2.75) is 31.5 Å². The predicted octanol–water partition coefficient (Wildman–Crippen LogP) is 3.94. The normalized spacial score (nSPS) is 12.2. The molecule has 0 saturated heterocycles. The lowest BCUT2D eigenvalue weighted by molar-refractivity contribution is 0.0952. The zero-order chi connectivity index (χ0) is 12.8. The van der Waals surface area contributed by atoms with Crippen LogP contribution in [0, 0.1) is 6.92 Å². The zero-order valence-corrected chi connectivity index (χ0v) is 12.4. The molecule has 0 heterocycles. The molecule has 1 atom stereocenters. The number of hydrogen-bond acceptors (Lipinski definition) is 1. The van der Waals surface area contributed by atoms with Crippen LogP contribution in [0.15, 0.2) is 18.2 Å². The third kappa shape index (κ3) is 5.09. The summed E-state index contributed by atoms with van der Waals surface area (Å²) in [6.07, 6.45) is 2.02. The van der Waals surface area contributed by atoms with E-state index in [1.54, 1.807) is 12.1 Å². The van der Waals surface area contributed by atoms with Gasteiger partial charge in [-0.25, -0.2) is 0 Å². The van der Waals surface area contributed by atoms with Crippen LogP contribution in [0.2, 0.25) is 5.02 Å². The lowest BCUT2D eigenvalue weighted by Crippen LogP contribution is -2.25. The number of halogens is 2. The molecule has 1 N–H and O–H groups in total. The van der Waals surface area contributed by atoms with Gasteiger partial charge in [-0.3, -0.25) is 4.79 Å². The minimum atomic E-state index is -0.0489. The molecule has 94 valence electrons. The Morgan fingerprint density at radius 1 is 1.53 bits per heavy atom. The largest absolute Gasteiger partial charge is 0.352 e. The number of aryl methyl sites for hydroxylation is 1. The summed E-state index contributed by atoms with van der Waals surface area (Å²) in [5.74, 6) is -0.0489. The molecule has 1 aromatic carbocycles. The van der Waals surface area contributed by atoms with E-state index in [2.05, 4.69) is 28.2 Å². The smallest absolute Gasteiger partial charge is 0.251 e. The molecule has 1 rings (SSSR count). The molecule has 0 aliphatic heterocycles. The first-order chi connectivity index (χ1) is 8.00. The van der Waals surface area contributed by atoms with E-state index in [4.69, 9.17) is 11.6 Å². The van der Waals surface area contributed by atoms with Crippen molar-refractivity contribution in [2.24, 2.45) is 0 Å². The van der Waals surface area contributed by atoms with Gasteiger partial charge >= 0.3 is 0 Å². The third-order valence-electron chi connectivity index (χ3n) is 2.51. The van der Waals surface area contributed by atoms with E-state index in [0.29, 0.717) is 22.0 Å². The molecule has 0 saturated carbocycles. The van der Waals surface area contributed by atoms with Crippen LogP contribution in [0.4, 0.5) is 0 Å². The van der Waals surface area contributed by atoms with Crippen LogP contribution >= 0.6 is 27.5 Å². The van der Waals surface area contributed by atoms with Gasteiger partial charge in [-0.05, 0) is 37.5 Å². The first-order valence-corrected chi connectivity index (χ1v) is 6.98. The maximum atomic E-state index is 11.9. The second-order valence-electron chi connectivity index (χ2n) is 4.14. The van der Waals surface area contributed by atoms with Crippen LogP contribution in [0.25, 0.3) is 0 Å². The highest BCUT2D eigenvalue weighted by Crippen LogP contribution is 2.15. The molecule has 1 aromatic rings. The Bertz CT molecular complexity index is 393. The molecule has 17 heavy (non-hydrogen) atoms. The van der Waals surface area contributed by atoms with Gasteiger partial charge < -0.3 is 5.32 Å². The Hall–Kier alpha value is -0.540. The Morgan fingerprint density at radius 3 is 2.88 bits per heavy atom. The molecule has 1 unspecified atom stereocenters. The molecular weight excluding hydrogens is 302 g/mol. The molecule has 4 heteroatoms. The van der Waals surface area contributed by atoms with Crippen LogP contribution in [0.5, 0.6) is 0 Å². The summed E-state index contributed by atoms with van der Waals surface area (Å²) in [6, 6.07) is 5.36. The maximum absolute atomic E-state index is 11.9. The van der Waals surface area contributed by atoms with Gasteiger partial charge in [0.05, 0.1) is 0 Å². The van der Waals surface area contributed by atoms with Crippen molar-refractivity contribution in [3.05, 3.63) is 34.3 Å². The lowest BCUT2D eigenvalue weighted by atomic mass is 10.1. The van der Waals surface area contributed by atoms with Gasteiger partial charge in [-0.1, -0.05) is 40.5 Å². The number of carbonyl (C=O) groups excluding carboxylic acids is 1. The Morgan fingerprint density at radius 2 is 2.24 bits per heavy atom. The van der Waals surface area contributed by atoms with E-state index in [-0.39, 0.29) is 5.91 Å². The number of hydrogen-bond donors (Lipinski definition) is 1. The summed E-state index contributed by atoms with van der Waals surface area (Å²) < 4.78 is 0. The molecule has 0 spiro atoms. The fourth-order valence-electron chi connectivity index (χ4n) is 1.52. The van der Waals surface area contributed by atoms with Crippen molar-refractivity contribution in [3.63, 3.8) is 0 Å². The Kier molecular flexibility index (Phi) is 6.00. The van der Waals surface area contributed by atoms with Crippen LogP contribution < -0.4 is 5.32 Å². The quantitative estimate of drug-likeness (QED) is 0.646. The van der Waals surface area contributed by atoms with E-state index in [1.165, 1.54) is 0 Å². The Balaban J connectivity index is 2.49. The molecule has 2 nitrogen and oxygen atoms in total. The summed E-state index contributed by atoms with van der Waals surface area (Å²) in [7, 11) is 0. The molecule has 0 aliphatic carbocycles. The van der Waals surface area contributed by atoms with Gasteiger partial charge in [0.2, 0.25) is 0 Å². The van der Waals surface area contributed by atoms with Crippen molar-refractivity contribution in [2.75, 3.05) is 6.54 Å². The monoisotopic (exact) mass is 317 g/mol. The van der Waals surface area contributed by atoms with Crippen LogP contribution in [-0.2, 0) is 0 Å². The van der Waals surface area contributed by atoms with Crippen LogP contribution in [0.3, 0.4) is 0 Å². The number of benzene rings is 1. The van der Waals surface area contributed by atoms with Crippen LogP contribution in [0.1, 0.15) is 35.7 Å². The van der Waals surface area contributed by atoms with Gasteiger partial charge in [0, 0.05) is 22.0 Å². The minimum Gasteiger partial charge on any atom is -0.352 e. The molecule has 0 aromatic heterocycles. The van der Waals surface area contributed by atoms with Gasteiger partial charge in [-0.15, -0.1) is 0 Å². The topological polar surface area (TPSA) is 29.1 Å². The van der Waals surface area contributed by atoms with E-state index in [9.17, 15) is 4.79 Å². The van der Waals surface area contributed by atoms with Crippen LogP contribution in [-0.4, -0.2) is 17.3 Å². The van der Waals surface area contributed by atoms with Gasteiger partial charge in [0.1, 0.15) is 0 Å². The number of carbonyl (C=O) groups is 1. The molecular formula is C13H17BrClNO. The van der Waals surface area contributed by atoms with Crippen molar-refractivity contribution in [1.82, 2.24) is 5.32 Å². The summed E-state index contributed by atoms with van der Waals surface area (Å²) >= 11 is 9.36. The molecule has 1 amide bonds. The van der Waals surface area contributed by atoms with Gasteiger partial charge in [0.15, 0.2) is 0 Å². The zero-order valence-electron chi connectivity index (χ0n) is 10.1. The number of rotatable bonds is 5. The van der Waals surface area contributed by atoms with E-state index < -0.39 is 0 Å². The number of nitrogens with one attached hydrogen (secondary N) is 1. The molecule has 0 fully saturated rings. The third-order valence-corrected chi connectivity index (χ3v) is 3.20. The first-order valence-electron chi connectivity index (χ1n) is 5.69. The summed E-state index contributed by atoms with van der Waals surface area (Å²) in [5.41, 5.74) is 1.60. The average Bonchev–Trinajstić information content (AvgIpc) is 2.27. The van der Waals surface area contributed by atoms with E-state index in [0.717, 1.165) is 18.4 Å². The van der Waals surface area contributed by atoms with Crippen molar-refractivity contribution in [1.29, 1.82) is 0 Å². The lowest BCUT2D eigenvalue weighted by Gasteiger charge is -2.08. The first kappa shape index (κ1) is 14.5. The molecule has 0 bridgehead atoms. The molecule has 0 radical (unpaired) electrons. The van der Waals surface area contributed by atoms with E-state index >= 15 is 0 Å². The second kappa shape index (κ2) is 7.02. The highest BCUT2D eigenvalue weighted by Gasteiger charge is 2.08. The average molecular weight is 319 g/mol. The Labute approximate surface area is 116 Å². The maximum Gasteiger partial charge on any atom is 0.251 e. The standard InChI is InChI=1S/C13H17BrClNO/c1-9-5-6-11(15)8-12(9)13(17)16-7-3-4-10(2)14/h5-6,8,10H,3-4,7H2,1-2H3,(H,16,17). The van der Waals surface area contributed by atoms with Crippen molar-refractivity contribution >= 4 is 33.4 Å². The second-order valence-corrected chi connectivity index (χ2v) is 6.14. The van der Waals surface area contributed by atoms with Crippen molar-refractivity contribution < 1.29 is 4.79 Å². The summed E-state index contributed by atoms with van der Waals surface area (Å²) in [4.78, 5) is 12.4.